The number of thiophene rings is 1. The molecule has 2 aromatic rings. The van der Waals surface area contributed by atoms with Crippen molar-refractivity contribution in [2.45, 2.75) is 6.54 Å². The lowest BCUT2D eigenvalue weighted by Crippen LogP contribution is -2.25. The molecule has 20 heavy (non-hydrogen) atoms. The minimum Gasteiger partial charge on any atom is -0.355 e. The van der Waals surface area contributed by atoms with Crippen LogP contribution in [0.2, 0.25) is 0 Å². The third-order valence-corrected chi connectivity index (χ3v) is 3.80. The summed E-state index contributed by atoms with van der Waals surface area (Å²) in [4.78, 5) is 25.9. The van der Waals surface area contributed by atoms with Gasteiger partial charge in [0.05, 0.1) is 4.88 Å². The molecule has 1 N–H and O–H groups in total. The zero-order valence-electron chi connectivity index (χ0n) is 11.4. The Morgan fingerprint density at radius 2 is 1.90 bits per heavy atom. The van der Waals surface area contributed by atoms with Gasteiger partial charge in [-0.15, -0.1) is 11.3 Å². The normalized spacial score (nSPS) is 10.1. The van der Waals surface area contributed by atoms with Gasteiger partial charge in [-0.25, -0.2) is 0 Å². The van der Waals surface area contributed by atoms with E-state index in [1.165, 1.54) is 11.3 Å². The van der Waals surface area contributed by atoms with Crippen molar-refractivity contribution in [3.63, 3.8) is 0 Å². The lowest BCUT2D eigenvalue weighted by atomic mass is 10.1. The molecule has 0 aliphatic carbocycles. The summed E-state index contributed by atoms with van der Waals surface area (Å²) in [5.74, 6) is -0.102. The Bertz CT molecular complexity index is 591. The average Bonchev–Trinajstić information content (AvgIpc) is 3.00. The van der Waals surface area contributed by atoms with E-state index in [-0.39, 0.29) is 11.8 Å². The predicted octanol–water partition coefficient (Wildman–Crippen LogP) is 2.38. The summed E-state index contributed by atoms with van der Waals surface area (Å²) in [5, 5.41) is 4.46. The molecule has 2 amide bonds. The van der Waals surface area contributed by atoms with Crippen molar-refractivity contribution in [3.05, 3.63) is 57.8 Å². The van der Waals surface area contributed by atoms with Gasteiger partial charge in [0, 0.05) is 26.2 Å². The number of rotatable bonds is 4. The van der Waals surface area contributed by atoms with E-state index in [9.17, 15) is 9.59 Å². The number of nitrogens with one attached hydrogen (secondary N) is 1. The van der Waals surface area contributed by atoms with Crippen LogP contribution in [0.4, 0.5) is 0 Å². The molecule has 1 aromatic heterocycles. The first kappa shape index (κ1) is 14.3. The maximum atomic E-state index is 12.1. The number of nitrogens with zero attached hydrogens (tertiary/aromatic N) is 1. The predicted molar refractivity (Wildman–Crippen MR) is 79.9 cm³/mol. The van der Waals surface area contributed by atoms with Crippen LogP contribution in [0.1, 0.15) is 25.6 Å². The zero-order chi connectivity index (χ0) is 14.5. The summed E-state index contributed by atoms with van der Waals surface area (Å²) in [7, 11) is 3.37. The van der Waals surface area contributed by atoms with Crippen molar-refractivity contribution in [2.75, 3.05) is 14.1 Å². The third-order valence-electron chi connectivity index (χ3n) is 2.94. The van der Waals surface area contributed by atoms with Crippen LogP contribution >= 0.6 is 11.3 Å². The number of carbonyl (C=O) groups is 2. The standard InChI is InChI=1S/C15H16N2O2S/c1-16-14(18)12-7-5-11(6-8-12)10-17(2)15(19)13-4-3-9-20-13/h3-9H,10H2,1-2H3,(H,16,18). The average molecular weight is 288 g/mol. The molecule has 0 aliphatic rings. The van der Waals surface area contributed by atoms with Crippen molar-refractivity contribution in [3.8, 4) is 0 Å². The van der Waals surface area contributed by atoms with Gasteiger partial charge in [0.15, 0.2) is 0 Å². The highest BCUT2D eigenvalue weighted by Crippen LogP contribution is 2.13. The molecule has 2 rings (SSSR count). The van der Waals surface area contributed by atoms with Crippen LogP contribution in [-0.4, -0.2) is 30.8 Å². The highest BCUT2D eigenvalue weighted by Gasteiger charge is 2.13. The van der Waals surface area contributed by atoms with Gasteiger partial charge in [0.25, 0.3) is 11.8 Å². The molecule has 0 atom stereocenters. The van der Waals surface area contributed by atoms with E-state index in [2.05, 4.69) is 5.32 Å². The fourth-order valence-electron chi connectivity index (χ4n) is 1.84. The maximum absolute atomic E-state index is 12.1. The maximum Gasteiger partial charge on any atom is 0.263 e. The van der Waals surface area contributed by atoms with Crippen molar-refractivity contribution in [1.82, 2.24) is 10.2 Å². The van der Waals surface area contributed by atoms with Crippen molar-refractivity contribution >= 4 is 23.2 Å². The summed E-state index contributed by atoms with van der Waals surface area (Å²) in [5.41, 5.74) is 1.61. The molecule has 1 aromatic carbocycles. The van der Waals surface area contributed by atoms with Crippen LogP contribution in [0.15, 0.2) is 41.8 Å². The minimum atomic E-state index is -0.112. The van der Waals surface area contributed by atoms with E-state index < -0.39 is 0 Å². The molecule has 0 fully saturated rings. The number of hydrogen-bond donors (Lipinski definition) is 1. The molecule has 4 nitrogen and oxygen atoms in total. The second kappa shape index (κ2) is 6.34. The summed E-state index contributed by atoms with van der Waals surface area (Å²) < 4.78 is 0. The Kier molecular flexibility index (Phi) is 4.53. The molecule has 0 radical (unpaired) electrons. The summed E-state index contributed by atoms with van der Waals surface area (Å²) in [6, 6.07) is 10.9. The van der Waals surface area contributed by atoms with Gasteiger partial charge in [0.2, 0.25) is 0 Å². The van der Waals surface area contributed by atoms with E-state index in [0.717, 1.165) is 10.4 Å². The lowest BCUT2D eigenvalue weighted by molar-refractivity contribution is 0.0789. The van der Waals surface area contributed by atoms with E-state index in [1.54, 1.807) is 31.1 Å². The summed E-state index contributed by atoms with van der Waals surface area (Å²) in [6.45, 7) is 0.519. The first-order valence-corrected chi connectivity index (χ1v) is 7.10. The van der Waals surface area contributed by atoms with Gasteiger partial charge in [0.1, 0.15) is 0 Å². The Morgan fingerprint density at radius 1 is 1.20 bits per heavy atom. The highest BCUT2D eigenvalue weighted by atomic mass is 32.1. The number of benzene rings is 1. The van der Waals surface area contributed by atoms with Crippen LogP contribution in [0.5, 0.6) is 0 Å². The molecular formula is C15H16N2O2S. The molecule has 104 valence electrons. The fraction of sp³-hybridized carbons (Fsp3) is 0.200. The molecule has 0 aliphatic heterocycles. The quantitative estimate of drug-likeness (QED) is 0.939. The fourth-order valence-corrected chi connectivity index (χ4v) is 2.56. The number of amides is 2. The van der Waals surface area contributed by atoms with Crippen LogP contribution in [0.3, 0.4) is 0 Å². The van der Waals surface area contributed by atoms with Gasteiger partial charge < -0.3 is 10.2 Å². The van der Waals surface area contributed by atoms with Crippen LogP contribution < -0.4 is 5.32 Å². The largest absolute Gasteiger partial charge is 0.355 e. The second-order valence-corrected chi connectivity index (χ2v) is 5.36. The van der Waals surface area contributed by atoms with Crippen LogP contribution in [0.25, 0.3) is 0 Å². The Morgan fingerprint density at radius 3 is 2.45 bits per heavy atom. The molecule has 1 heterocycles. The highest BCUT2D eigenvalue weighted by molar-refractivity contribution is 7.12. The first-order chi connectivity index (χ1) is 9.61. The molecule has 0 saturated heterocycles. The minimum absolute atomic E-state index is 0.00961. The van der Waals surface area contributed by atoms with E-state index in [4.69, 9.17) is 0 Å². The van der Waals surface area contributed by atoms with Crippen molar-refractivity contribution in [2.24, 2.45) is 0 Å². The molecular weight excluding hydrogens is 272 g/mol. The van der Waals surface area contributed by atoms with Crippen molar-refractivity contribution in [1.29, 1.82) is 0 Å². The Hall–Kier alpha value is -2.14. The zero-order valence-corrected chi connectivity index (χ0v) is 12.2. The number of carbonyl (C=O) groups excluding carboxylic acids is 2. The smallest absolute Gasteiger partial charge is 0.263 e. The molecule has 0 spiro atoms. The first-order valence-electron chi connectivity index (χ1n) is 6.22. The van der Waals surface area contributed by atoms with Gasteiger partial charge in [-0.1, -0.05) is 18.2 Å². The van der Waals surface area contributed by atoms with Gasteiger partial charge in [-0.3, -0.25) is 9.59 Å². The summed E-state index contributed by atoms with van der Waals surface area (Å²) in [6.07, 6.45) is 0. The second-order valence-electron chi connectivity index (χ2n) is 4.41. The van der Waals surface area contributed by atoms with Crippen LogP contribution in [-0.2, 0) is 6.54 Å². The SMILES string of the molecule is CNC(=O)c1ccc(CN(C)C(=O)c2cccs2)cc1. The molecule has 0 saturated carbocycles. The third kappa shape index (κ3) is 3.24. The summed E-state index contributed by atoms with van der Waals surface area (Å²) >= 11 is 1.44. The van der Waals surface area contributed by atoms with E-state index in [1.807, 2.05) is 29.6 Å². The lowest BCUT2D eigenvalue weighted by Gasteiger charge is -2.16. The monoisotopic (exact) mass is 288 g/mol. The Labute approximate surface area is 122 Å². The molecule has 0 unspecified atom stereocenters. The van der Waals surface area contributed by atoms with Gasteiger partial charge in [-0.05, 0) is 29.1 Å². The van der Waals surface area contributed by atoms with Crippen LogP contribution in [0, 0.1) is 0 Å². The molecule has 0 bridgehead atoms. The number of hydrogen-bond acceptors (Lipinski definition) is 3. The van der Waals surface area contributed by atoms with Gasteiger partial charge >= 0.3 is 0 Å². The van der Waals surface area contributed by atoms with E-state index in [0.29, 0.717) is 12.1 Å². The molecule has 5 heteroatoms. The van der Waals surface area contributed by atoms with Gasteiger partial charge in [-0.2, -0.15) is 0 Å². The Balaban J connectivity index is 2.03. The van der Waals surface area contributed by atoms with E-state index >= 15 is 0 Å². The van der Waals surface area contributed by atoms with Crippen molar-refractivity contribution < 1.29 is 9.59 Å². The topological polar surface area (TPSA) is 49.4 Å².